The molecule has 1 fully saturated rings. The molecule has 0 amide bonds. The van der Waals surface area contributed by atoms with Crippen molar-refractivity contribution in [3.05, 3.63) is 71.8 Å². The minimum Gasteiger partial charge on any atom is -0.293 e. The fourth-order valence-corrected chi connectivity index (χ4v) is 4.52. The van der Waals surface area contributed by atoms with Crippen LogP contribution in [0.1, 0.15) is 35.6 Å². The highest BCUT2D eigenvalue weighted by Gasteiger charge is 2.25. The van der Waals surface area contributed by atoms with Crippen LogP contribution in [-0.4, -0.2) is 26.4 Å². The van der Waals surface area contributed by atoms with Gasteiger partial charge in [0.25, 0.3) is 10.0 Å². The number of anilines is 1. The molecule has 0 aliphatic carbocycles. The van der Waals surface area contributed by atoms with Crippen LogP contribution < -0.4 is 4.72 Å². The molecule has 0 unspecified atom stereocenters. The van der Waals surface area contributed by atoms with Crippen LogP contribution in [0.4, 0.5) is 5.69 Å². The Balaban J connectivity index is 1.97. The third kappa shape index (κ3) is 4.00. The molecule has 1 heterocycles. The summed E-state index contributed by atoms with van der Waals surface area (Å²) in [5.74, 6) is 0. The Morgan fingerprint density at radius 1 is 1.04 bits per heavy atom. The monoisotopic (exact) mass is 370 g/mol. The lowest BCUT2D eigenvalue weighted by Gasteiger charge is -2.27. The van der Waals surface area contributed by atoms with Gasteiger partial charge < -0.3 is 0 Å². The highest BCUT2D eigenvalue weighted by molar-refractivity contribution is 7.92. The number of sulfonamides is 1. The maximum absolute atomic E-state index is 12.8. The molecule has 4 nitrogen and oxygen atoms in total. The fraction of sp³-hybridized carbons (Fsp3) is 0.333. The molecule has 1 N–H and O–H groups in total. The van der Waals surface area contributed by atoms with Crippen molar-refractivity contribution in [3.63, 3.8) is 0 Å². The van der Waals surface area contributed by atoms with Crippen molar-refractivity contribution >= 4 is 15.7 Å². The summed E-state index contributed by atoms with van der Waals surface area (Å²) in [5, 5.41) is 0. The van der Waals surface area contributed by atoms with E-state index in [9.17, 15) is 8.42 Å². The summed E-state index contributed by atoms with van der Waals surface area (Å²) < 4.78 is 28.4. The fourth-order valence-electron chi connectivity index (χ4n) is 3.43. The van der Waals surface area contributed by atoms with E-state index >= 15 is 0 Å². The summed E-state index contributed by atoms with van der Waals surface area (Å²) >= 11 is 0. The lowest BCUT2D eigenvalue weighted by atomic mass is 10.0. The van der Waals surface area contributed by atoms with Crippen molar-refractivity contribution in [2.45, 2.75) is 37.6 Å². The quantitative estimate of drug-likeness (QED) is 0.766. The van der Waals surface area contributed by atoms with Gasteiger partial charge >= 0.3 is 0 Å². The van der Waals surface area contributed by atoms with E-state index in [2.05, 4.69) is 22.3 Å². The molecule has 0 spiro atoms. The van der Waals surface area contributed by atoms with Gasteiger partial charge in [-0.05, 0) is 63.5 Å². The number of benzene rings is 2. The standard InChI is InChI=1S/C21H26N2O2S/c1-4-21(23-13-5-6-14-23)19-15-17(3)9-12-20(19)22-26(24,25)18-10-7-16(2)8-11-18/h4,7-12,15,21-22H,1,5-6,13-14H2,2-3H3/t21-/m0/s1. The van der Waals surface area contributed by atoms with E-state index in [1.165, 1.54) is 12.8 Å². The molecule has 5 heteroatoms. The predicted molar refractivity (Wildman–Crippen MR) is 107 cm³/mol. The average molecular weight is 371 g/mol. The predicted octanol–water partition coefficient (Wildman–Crippen LogP) is 4.43. The van der Waals surface area contributed by atoms with Gasteiger partial charge in [0, 0.05) is 0 Å². The Bertz CT molecular complexity index is 883. The van der Waals surface area contributed by atoms with Crippen molar-refractivity contribution in [1.29, 1.82) is 0 Å². The second kappa shape index (κ2) is 7.64. The molecule has 1 saturated heterocycles. The summed E-state index contributed by atoms with van der Waals surface area (Å²) in [6.45, 7) is 9.97. The number of nitrogens with one attached hydrogen (secondary N) is 1. The van der Waals surface area contributed by atoms with Gasteiger partial charge in [0.1, 0.15) is 0 Å². The van der Waals surface area contributed by atoms with Crippen LogP contribution in [0.15, 0.2) is 60.0 Å². The topological polar surface area (TPSA) is 49.4 Å². The molecule has 3 rings (SSSR count). The largest absolute Gasteiger partial charge is 0.293 e. The van der Waals surface area contributed by atoms with E-state index in [1.807, 2.05) is 32.1 Å². The molecule has 138 valence electrons. The first-order chi connectivity index (χ1) is 12.4. The Kier molecular flexibility index (Phi) is 5.49. The molecule has 2 aromatic rings. The van der Waals surface area contributed by atoms with E-state index in [-0.39, 0.29) is 10.9 Å². The molecule has 0 aromatic heterocycles. The van der Waals surface area contributed by atoms with Crippen molar-refractivity contribution in [3.8, 4) is 0 Å². The molecule has 0 saturated carbocycles. The molecule has 26 heavy (non-hydrogen) atoms. The molecule has 0 bridgehead atoms. The number of rotatable bonds is 6. The first-order valence-corrected chi connectivity index (χ1v) is 10.5. The zero-order chi connectivity index (χ0) is 18.7. The van der Waals surface area contributed by atoms with Crippen LogP contribution in [0, 0.1) is 13.8 Å². The Labute approximate surface area is 156 Å². The van der Waals surface area contributed by atoms with Gasteiger partial charge in [-0.15, -0.1) is 6.58 Å². The van der Waals surface area contributed by atoms with Gasteiger partial charge in [-0.25, -0.2) is 8.42 Å². The van der Waals surface area contributed by atoms with Crippen molar-refractivity contribution in [1.82, 2.24) is 4.90 Å². The molecule has 1 atom stereocenters. The summed E-state index contributed by atoms with van der Waals surface area (Å²) in [5.41, 5.74) is 3.70. The summed E-state index contributed by atoms with van der Waals surface area (Å²) in [4.78, 5) is 2.62. The molecule has 0 radical (unpaired) electrons. The smallest absolute Gasteiger partial charge is 0.261 e. The van der Waals surface area contributed by atoms with Gasteiger partial charge in [-0.3, -0.25) is 9.62 Å². The van der Waals surface area contributed by atoms with Crippen LogP contribution in [0.2, 0.25) is 0 Å². The maximum atomic E-state index is 12.8. The van der Waals surface area contributed by atoms with E-state index in [0.717, 1.165) is 29.8 Å². The zero-order valence-electron chi connectivity index (χ0n) is 15.4. The van der Waals surface area contributed by atoms with Gasteiger partial charge in [-0.1, -0.05) is 41.5 Å². The second-order valence-corrected chi connectivity index (χ2v) is 8.62. The second-order valence-electron chi connectivity index (χ2n) is 6.93. The maximum Gasteiger partial charge on any atom is 0.261 e. The van der Waals surface area contributed by atoms with E-state index in [1.54, 1.807) is 24.3 Å². The Morgan fingerprint density at radius 3 is 2.27 bits per heavy atom. The number of nitrogens with zero attached hydrogens (tertiary/aromatic N) is 1. The molecule has 1 aliphatic rings. The molecular formula is C21H26N2O2S. The van der Waals surface area contributed by atoms with Gasteiger partial charge in [0.15, 0.2) is 0 Å². The lowest BCUT2D eigenvalue weighted by Crippen LogP contribution is -2.25. The highest BCUT2D eigenvalue weighted by Crippen LogP contribution is 2.33. The number of hydrogen-bond donors (Lipinski definition) is 1. The minimum absolute atomic E-state index is 0.00752. The van der Waals surface area contributed by atoms with Gasteiger partial charge in [0.2, 0.25) is 0 Å². The summed E-state index contributed by atoms with van der Waals surface area (Å²) in [6, 6.07) is 12.7. The third-order valence-corrected chi connectivity index (χ3v) is 6.24. The normalized spacial score (nSPS) is 16.4. The Morgan fingerprint density at radius 2 is 1.65 bits per heavy atom. The van der Waals surface area contributed by atoms with Crippen molar-refractivity contribution < 1.29 is 8.42 Å². The van der Waals surface area contributed by atoms with E-state index < -0.39 is 10.0 Å². The number of aryl methyl sites for hydroxylation is 2. The SMILES string of the molecule is C=C[C@@H](c1cc(C)ccc1NS(=O)(=O)c1ccc(C)cc1)N1CCCC1. The first kappa shape index (κ1) is 18.7. The Hall–Kier alpha value is -2.11. The van der Waals surface area contributed by atoms with Crippen LogP contribution in [0.25, 0.3) is 0 Å². The van der Waals surface area contributed by atoms with Crippen LogP contribution in [0.3, 0.4) is 0 Å². The average Bonchev–Trinajstić information content (AvgIpc) is 3.12. The lowest BCUT2D eigenvalue weighted by molar-refractivity contribution is 0.289. The van der Waals surface area contributed by atoms with Crippen LogP contribution in [0.5, 0.6) is 0 Å². The van der Waals surface area contributed by atoms with Crippen molar-refractivity contribution in [2.75, 3.05) is 17.8 Å². The highest BCUT2D eigenvalue weighted by atomic mass is 32.2. The van der Waals surface area contributed by atoms with Gasteiger partial charge in [-0.2, -0.15) is 0 Å². The van der Waals surface area contributed by atoms with Gasteiger partial charge in [0.05, 0.1) is 16.6 Å². The molecule has 2 aromatic carbocycles. The number of likely N-dealkylation sites (tertiary alicyclic amines) is 1. The third-order valence-electron chi connectivity index (χ3n) is 4.86. The summed E-state index contributed by atoms with van der Waals surface area (Å²) in [7, 11) is -3.63. The number of hydrogen-bond acceptors (Lipinski definition) is 3. The minimum atomic E-state index is -3.63. The van der Waals surface area contributed by atoms with Crippen LogP contribution in [-0.2, 0) is 10.0 Å². The summed E-state index contributed by atoms with van der Waals surface area (Å²) in [6.07, 6.45) is 4.24. The first-order valence-electron chi connectivity index (χ1n) is 8.97. The van der Waals surface area contributed by atoms with E-state index in [0.29, 0.717) is 5.69 Å². The zero-order valence-corrected chi connectivity index (χ0v) is 16.2. The molecule has 1 aliphatic heterocycles. The van der Waals surface area contributed by atoms with E-state index in [4.69, 9.17) is 0 Å². The van der Waals surface area contributed by atoms with Crippen molar-refractivity contribution in [2.24, 2.45) is 0 Å². The van der Waals surface area contributed by atoms with Crippen LogP contribution >= 0.6 is 0 Å². The molecular weight excluding hydrogens is 344 g/mol.